The number of hydrogen-bond acceptors (Lipinski definition) is 6. The second kappa shape index (κ2) is 17.1. The minimum atomic E-state index is -1.04. The summed E-state index contributed by atoms with van der Waals surface area (Å²) >= 11 is 0. The van der Waals surface area contributed by atoms with Crippen molar-refractivity contribution in [2.45, 2.75) is 63.4 Å². The minimum Gasteiger partial charge on any atom is -0.391 e. The van der Waals surface area contributed by atoms with Crippen molar-refractivity contribution in [2.24, 2.45) is 5.73 Å². The van der Waals surface area contributed by atoms with E-state index in [0.717, 1.165) is 22.0 Å². The Morgan fingerprint density at radius 1 is 0.830 bits per heavy atom. The smallest absolute Gasteiger partial charge is 0.254 e. The van der Waals surface area contributed by atoms with Gasteiger partial charge in [0.05, 0.1) is 11.7 Å². The molecule has 0 saturated heterocycles. The van der Waals surface area contributed by atoms with Crippen molar-refractivity contribution in [3.05, 3.63) is 108 Å². The number of benzene rings is 3. The molecule has 4 aromatic rings. The summed E-state index contributed by atoms with van der Waals surface area (Å²) in [5, 5.41) is 18.8. The highest BCUT2D eigenvalue weighted by molar-refractivity contribution is 6.08. The van der Waals surface area contributed by atoms with Crippen LogP contribution >= 0.6 is 0 Å². The number of H-pyrrole nitrogens is 1. The Hall–Kier alpha value is -5.00. The maximum Gasteiger partial charge on any atom is 0.254 e. The lowest BCUT2D eigenvalue weighted by Crippen LogP contribution is -2.54. The number of aromatic amines is 1. The van der Waals surface area contributed by atoms with Gasteiger partial charge in [-0.15, -0.1) is 0 Å². The van der Waals surface area contributed by atoms with Gasteiger partial charge in [-0.3, -0.25) is 19.2 Å². The standard InChI is InChI=1S/C36H44N6O5/c1-24(43)32(37)35(46)38-20-12-11-19-30(40-33(44)28-22-39-29-18-10-9-17-27(28)29)34(45)41-31(21-25-13-5-3-6-14-25)36(47)42(2)23-26-15-7-4-8-16-26/h3-10,13-18,22,24,30-32,39,43H,11-12,19-21,23,37H2,1-2H3,(H,38,46)(H,40,44)(H,41,45)/t24?,30?,31-,32?/m1/s1. The van der Waals surface area contributed by atoms with Crippen molar-refractivity contribution >= 4 is 34.5 Å². The quantitative estimate of drug-likeness (QED) is 0.103. The number of carbonyl (C=O) groups excluding carboxylic acids is 4. The summed E-state index contributed by atoms with van der Waals surface area (Å²) in [5.41, 5.74) is 8.73. The Balaban J connectivity index is 1.50. The molecule has 11 nitrogen and oxygen atoms in total. The molecule has 4 atom stereocenters. The molecule has 0 aliphatic carbocycles. The molecule has 1 aromatic heterocycles. The van der Waals surface area contributed by atoms with Crippen molar-refractivity contribution in [3.63, 3.8) is 0 Å². The topological polar surface area (TPSA) is 170 Å². The summed E-state index contributed by atoms with van der Waals surface area (Å²) < 4.78 is 0. The van der Waals surface area contributed by atoms with E-state index in [1.165, 1.54) is 6.92 Å². The van der Waals surface area contributed by atoms with Crippen molar-refractivity contribution in [2.75, 3.05) is 13.6 Å². The van der Waals surface area contributed by atoms with E-state index in [-0.39, 0.29) is 25.3 Å². The van der Waals surface area contributed by atoms with Gasteiger partial charge in [-0.2, -0.15) is 0 Å². The predicted octanol–water partition coefficient (Wildman–Crippen LogP) is 2.65. The molecule has 0 fully saturated rings. The highest BCUT2D eigenvalue weighted by atomic mass is 16.3. The molecule has 47 heavy (non-hydrogen) atoms. The maximum atomic E-state index is 13.9. The van der Waals surface area contributed by atoms with E-state index in [1.807, 2.05) is 84.9 Å². The number of hydrogen-bond donors (Lipinski definition) is 6. The summed E-state index contributed by atoms with van der Waals surface area (Å²) in [6.07, 6.45) is 2.11. The first-order chi connectivity index (χ1) is 22.6. The molecule has 3 unspecified atom stereocenters. The number of fused-ring (bicyclic) bond motifs is 1. The number of unbranched alkanes of at least 4 members (excludes halogenated alkanes) is 1. The van der Waals surface area contributed by atoms with Gasteiger partial charge in [-0.05, 0) is 43.4 Å². The monoisotopic (exact) mass is 640 g/mol. The number of carbonyl (C=O) groups is 4. The summed E-state index contributed by atoms with van der Waals surface area (Å²) in [6, 6.07) is 23.5. The van der Waals surface area contributed by atoms with E-state index in [9.17, 15) is 24.3 Å². The first-order valence-corrected chi connectivity index (χ1v) is 15.9. The van der Waals surface area contributed by atoms with Crippen LogP contribution < -0.4 is 21.7 Å². The number of amides is 4. The van der Waals surface area contributed by atoms with Crippen molar-refractivity contribution in [3.8, 4) is 0 Å². The molecule has 0 aliphatic rings. The van der Waals surface area contributed by atoms with E-state index < -0.39 is 42.0 Å². The predicted molar refractivity (Wildman–Crippen MR) is 181 cm³/mol. The number of likely N-dealkylation sites (N-methyl/N-ethyl adjacent to an activating group) is 1. The van der Waals surface area contributed by atoms with Crippen LogP contribution in [0.5, 0.6) is 0 Å². The fraction of sp³-hybridized carbons (Fsp3) is 0.333. The van der Waals surface area contributed by atoms with Crippen LogP contribution in [0.2, 0.25) is 0 Å². The number of aromatic nitrogens is 1. The van der Waals surface area contributed by atoms with Crippen molar-refractivity contribution < 1.29 is 24.3 Å². The zero-order valence-corrected chi connectivity index (χ0v) is 26.8. The molecule has 7 N–H and O–H groups in total. The molecule has 4 amide bonds. The lowest BCUT2D eigenvalue weighted by atomic mass is 10.0. The number of para-hydroxylation sites is 1. The average Bonchev–Trinajstić information content (AvgIpc) is 3.51. The molecular weight excluding hydrogens is 596 g/mol. The van der Waals surface area contributed by atoms with E-state index in [2.05, 4.69) is 20.9 Å². The molecule has 0 aliphatic heterocycles. The minimum absolute atomic E-state index is 0.254. The van der Waals surface area contributed by atoms with Crippen LogP contribution in [-0.2, 0) is 27.3 Å². The van der Waals surface area contributed by atoms with Crippen LogP contribution in [-0.4, -0.2) is 76.4 Å². The summed E-state index contributed by atoms with van der Waals surface area (Å²) in [5.74, 6) is -1.64. The third-order valence-corrected chi connectivity index (χ3v) is 8.03. The molecule has 4 rings (SSSR count). The first kappa shape index (κ1) is 34.9. The average molecular weight is 641 g/mol. The molecule has 248 valence electrons. The Bertz CT molecular complexity index is 1620. The van der Waals surface area contributed by atoms with E-state index in [4.69, 9.17) is 5.73 Å². The van der Waals surface area contributed by atoms with Crippen LogP contribution in [0.1, 0.15) is 47.7 Å². The van der Waals surface area contributed by atoms with Crippen molar-refractivity contribution in [1.82, 2.24) is 25.8 Å². The lowest BCUT2D eigenvalue weighted by molar-refractivity contribution is -0.136. The van der Waals surface area contributed by atoms with Gasteiger partial charge in [0.2, 0.25) is 17.7 Å². The molecule has 1 heterocycles. The fourth-order valence-corrected chi connectivity index (χ4v) is 5.31. The number of nitrogens with two attached hydrogens (primary N) is 1. The highest BCUT2D eigenvalue weighted by Crippen LogP contribution is 2.18. The molecule has 3 aromatic carbocycles. The lowest BCUT2D eigenvalue weighted by Gasteiger charge is -2.27. The van der Waals surface area contributed by atoms with Gasteiger partial charge in [0.15, 0.2) is 0 Å². The van der Waals surface area contributed by atoms with Crippen LogP contribution in [0.15, 0.2) is 91.1 Å². The van der Waals surface area contributed by atoms with Crippen LogP contribution in [0.3, 0.4) is 0 Å². The SMILES string of the molecule is CC(O)C(N)C(=O)NCCCCC(NC(=O)c1c[nH]c2ccccc12)C(=O)N[C@H](Cc1ccccc1)C(=O)N(C)Cc1ccccc1. The van der Waals surface area contributed by atoms with Gasteiger partial charge < -0.3 is 36.7 Å². The van der Waals surface area contributed by atoms with Gasteiger partial charge in [-0.1, -0.05) is 78.9 Å². The third kappa shape index (κ3) is 9.99. The molecule has 0 bridgehead atoms. The van der Waals surface area contributed by atoms with Crippen LogP contribution in [0.25, 0.3) is 10.9 Å². The second-order valence-corrected chi connectivity index (χ2v) is 11.8. The van der Waals surface area contributed by atoms with Crippen LogP contribution in [0, 0.1) is 0 Å². The molecular formula is C36H44N6O5. The van der Waals surface area contributed by atoms with E-state index in [0.29, 0.717) is 24.9 Å². The van der Waals surface area contributed by atoms with Gasteiger partial charge >= 0.3 is 0 Å². The normalized spacial score (nSPS) is 13.6. The Labute approximate surface area is 274 Å². The molecule has 11 heteroatoms. The Morgan fingerprint density at radius 3 is 2.15 bits per heavy atom. The summed E-state index contributed by atoms with van der Waals surface area (Å²) in [6.45, 7) is 2.09. The van der Waals surface area contributed by atoms with E-state index >= 15 is 0 Å². The van der Waals surface area contributed by atoms with Crippen LogP contribution in [0.4, 0.5) is 0 Å². The molecule has 0 spiro atoms. The van der Waals surface area contributed by atoms with Gasteiger partial charge in [-0.25, -0.2) is 0 Å². The summed E-state index contributed by atoms with van der Waals surface area (Å²) in [4.78, 5) is 58.0. The largest absolute Gasteiger partial charge is 0.391 e. The van der Waals surface area contributed by atoms with Crippen molar-refractivity contribution in [1.29, 1.82) is 0 Å². The highest BCUT2D eigenvalue weighted by Gasteiger charge is 2.29. The number of aliphatic hydroxyl groups excluding tert-OH is 1. The molecule has 0 saturated carbocycles. The second-order valence-electron chi connectivity index (χ2n) is 11.8. The zero-order chi connectivity index (χ0) is 33.8. The third-order valence-electron chi connectivity index (χ3n) is 8.03. The fourth-order valence-electron chi connectivity index (χ4n) is 5.31. The molecule has 0 radical (unpaired) electrons. The summed E-state index contributed by atoms with van der Waals surface area (Å²) in [7, 11) is 1.70. The Kier molecular flexibility index (Phi) is 12.7. The number of aliphatic hydroxyl groups is 1. The van der Waals surface area contributed by atoms with Gasteiger partial charge in [0, 0.05) is 43.7 Å². The first-order valence-electron chi connectivity index (χ1n) is 15.9. The van der Waals surface area contributed by atoms with E-state index in [1.54, 1.807) is 18.1 Å². The van der Waals surface area contributed by atoms with Gasteiger partial charge in [0.25, 0.3) is 5.91 Å². The number of rotatable bonds is 16. The number of nitrogens with zero attached hydrogens (tertiary/aromatic N) is 1. The Morgan fingerprint density at radius 2 is 1.47 bits per heavy atom. The zero-order valence-electron chi connectivity index (χ0n) is 26.8. The maximum absolute atomic E-state index is 13.9. The van der Waals surface area contributed by atoms with Gasteiger partial charge in [0.1, 0.15) is 18.1 Å². The number of nitrogens with one attached hydrogen (secondary N) is 4.